The summed E-state index contributed by atoms with van der Waals surface area (Å²) >= 11 is 0.897. The number of benzene rings is 2. The topological polar surface area (TPSA) is 84.9 Å². The number of carbonyl (C=O) groups excluding carboxylic acids is 3. The molecule has 1 heterocycles. The molecule has 1 aliphatic rings. The van der Waals surface area contributed by atoms with Crippen LogP contribution in [0.15, 0.2) is 60.0 Å². The van der Waals surface area contributed by atoms with Gasteiger partial charge < -0.3 is 14.8 Å². The van der Waals surface area contributed by atoms with Crippen LogP contribution in [-0.2, 0) is 4.79 Å². The standard InChI is InChI=1S/C24H24N2O5S/c1-4-13-31-19-10-9-18(15-20(19)30-3)22(27)25-11-12-26-23(28)21(32-24(26)29)14-17-7-5-16(2)6-8-17/h4-10,14-15H,1,11-13H2,2-3H3,(H,25,27)/b21-14-. The van der Waals surface area contributed by atoms with E-state index in [9.17, 15) is 14.4 Å². The quantitative estimate of drug-likeness (QED) is 0.457. The summed E-state index contributed by atoms with van der Waals surface area (Å²) < 4.78 is 10.7. The maximum Gasteiger partial charge on any atom is 0.293 e. The van der Waals surface area contributed by atoms with Crippen molar-refractivity contribution in [2.45, 2.75) is 6.92 Å². The highest BCUT2D eigenvalue weighted by molar-refractivity contribution is 8.18. The predicted molar refractivity (Wildman–Crippen MR) is 125 cm³/mol. The highest BCUT2D eigenvalue weighted by atomic mass is 32.2. The Morgan fingerprint density at radius 1 is 1.16 bits per heavy atom. The van der Waals surface area contributed by atoms with Gasteiger partial charge >= 0.3 is 0 Å². The van der Waals surface area contributed by atoms with Crippen molar-refractivity contribution in [1.82, 2.24) is 10.2 Å². The molecule has 2 aromatic carbocycles. The van der Waals surface area contributed by atoms with Gasteiger partial charge in [0.2, 0.25) is 0 Å². The molecule has 0 bridgehead atoms. The van der Waals surface area contributed by atoms with Crippen LogP contribution < -0.4 is 14.8 Å². The summed E-state index contributed by atoms with van der Waals surface area (Å²) in [7, 11) is 1.49. The molecule has 1 N–H and O–H groups in total. The monoisotopic (exact) mass is 452 g/mol. The Labute approximate surface area is 191 Å². The van der Waals surface area contributed by atoms with E-state index in [-0.39, 0.29) is 30.1 Å². The van der Waals surface area contributed by atoms with Crippen molar-refractivity contribution in [3.05, 3.63) is 76.7 Å². The zero-order chi connectivity index (χ0) is 23.1. The largest absolute Gasteiger partial charge is 0.493 e. The highest BCUT2D eigenvalue weighted by Gasteiger charge is 2.34. The first-order valence-electron chi connectivity index (χ1n) is 9.95. The molecule has 0 radical (unpaired) electrons. The summed E-state index contributed by atoms with van der Waals surface area (Å²) in [5, 5.41) is 2.37. The van der Waals surface area contributed by atoms with Crippen LogP contribution in [0.2, 0.25) is 0 Å². The molecule has 8 heteroatoms. The molecule has 0 atom stereocenters. The van der Waals surface area contributed by atoms with E-state index in [1.54, 1.807) is 30.4 Å². The van der Waals surface area contributed by atoms with Gasteiger partial charge in [-0.1, -0.05) is 42.5 Å². The lowest BCUT2D eigenvalue weighted by Gasteiger charge is -2.14. The van der Waals surface area contributed by atoms with Gasteiger partial charge in [-0.2, -0.15) is 0 Å². The molecule has 7 nitrogen and oxygen atoms in total. The molecule has 0 aromatic heterocycles. The lowest BCUT2D eigenvalue weighted by Crippen LogP contribution is -2.37. The molecule has 1 aliphatic heterocycles. The number of ether oxygens (including phenoxy) is 2. The number of amides is 3. The molecule has 2 aromatic rings. The van der Waals surface area contributed by atoms with Crippen molar-refractivity contribution in [2.75, 3.05) is 26.8 Å². The van der Waals surface area contributed by atoms with Crippen LogP contribution in [0.3, 0.4) is 0 Å². The van der Waals surface area contributed by atoms with E-state index in [1.165, 1.54) is 7.11 Å². The lowest BCUT2D eigenvalue weighted by atomic mass is 10.1. The average Bonchev–Trinajstić information content (AvgIpc) is 3.06. The van der Waals surface area contributed by atoms with Crippen LogP contribution in [-0.4, -0.2) is 48.8 Å². The van der Waals surface area contributed by atoms with Crippen LogP contribution >= 0.6 is 11.8 Å². The molecular formula is C24H24N2O5S. The Bertz CT molecular complexity index is 1060. The zero-order valence-electron chi connectivity index (χ0n) is 17.9. The van der Waals surface area contributed by atoms with Gasteiger partial charge in [0.15, 0.2) is 11.5 Å². The molecular weight excluding hydrogens is 428 g/mol. The van der Waals surface area contributed by atoms with Gasteiger partial charge in [-0.25, -0.2) is 0 Å². The number of nitrogens with one attached hydrogen (secondary N) is 1. The summed E-state index contributed by atoms with van der Waals surface area (Å²) in [6.07, 6.45) is 3.31. The van der Waals surface area contributed by atoms with Gasteiger partial charge in [0.1, 0.15) is 6.61 Å². The third kappa shape index (κ3) is 5.59. The molecule has 0 saturated carbocycles. The maximum atomic E-state index is 12.6. The highest BCUT2D eigenvalue weighted by Crippen LogP contribution is 2.32. The fourth-order valence-corrected chi connectivity index (χ4v) is 3.83. The number of aryl methyl sites for hydroxylation is 1. The Morgan fingerprint density at radius 3 is 2.59 bits per heavy atom. The summed E-state index contributed by atoms with van der Waals surface area (Å²) in [5.74, 6) is 0.217. The minimum atomic E-state index is -0.361. The first kappa shape index (κ1) is 23.1. The second-order valence-electron chi connectivity index (χ2n) is 6.97. The SMILES string of the molecule is C=CCOc1ccc(C(=O)NCCN2C(=O)S/C(=C\c3ccc(C)cc3)C2=O)cc1OC. The van der Waals surface area contributed by atoms with Crippen molar-refractivity contribution >= 4 is 34.9 Å². The number of rotatable bonds is 9. The average molecular weight is 453 g/mol. The first-order valence-corrected chi connectivity index (χ1v) is 10.8. The van der Waals surface area contributed by atoms with E-state index in [0.29, 0.717) is 28.6 Å². The van der Waals surface area contributed by atoms with E-state index in [0.717, 1.165) is 27.8 Å². The first-order chi connectivity index (χ1) is 15.4. The summed E-state index contributed by atoms with van der Waals surface area (Å²) in [4.78, 5) is 38.9. The van der Waals surface area contributed by atoms with Crippen molar-refractivity contribution in [3.63, 3.8) is 0 Å². The van der Waals surface area contributed by atoms with E-state index >= 15 is 0 Å². The normalized spacial score (nSPS) is 14.6. The molecule has 32 heavy (non-hydrogen) atoms. The van der Waals surface area contributed by atoms with Crippen molar-refractivity contribution in [2.24, 2.45) is 0 Å². The van der Waals surface area contributed by atoms with Gasteiger partial charge in [0, 0.05) is 18.7 Å². The molecule has 3 rings (SSSR count). The number of imide groups is 1. The van der Waals surface area contributed by atoms with Gasteiger partial charge in [-0.3, -0.25) is 19.3 Å². The van der Waals surface area contributed by atoms with E-state index in [1.807, 2.05) is 31.2 Å². The van der Waals surface area contributed by atoms with Gasteiger partial charge in [-0.15, -0.1) is 0 Å². The van der Waals surface area contributed by atoms with Crippen LogP contribution in [0.4, 0.5) is 4.79 Å². The van der Waals surface area contributed by atoms with Gasteiger partial charge in [0.05, 0.1) is 12.0 Å². The molecule has 0 aliphatic carbocycles. The van der Waals surface area contributed by atoms with E-state index in [2.05, 4.69) is 11.9 Å². The Morgan fingerprint density at radius 2 is 1.91 bits per heavy atom. The fraction of sp³-hybridized carbons (Fsp3) is 0.208. The van der Waals surface area contributed by atoms with Crippen LogP contribution in [0.25, 0.3) is 6.08 Å². The summed E-state index contributed by atoms with van der Waals surface area (Å²) in [5.41, 5.74) is 2.34. The second kappa shape index (κ2) is 10.7. The van der Waals surface area contributed by atoms with E-state index in [4.69, 9.17) is 9.47 Å². The minimum absolute atomic E-state index is 0.0826. The molecule has 0 unspecified atom stereocenters. The van der Waals surface area contributed by atoms with Gasteiger partial charge in [-0.05, 0) is 48.5 Å². The van der Waals surface area contributed by atoms with Crippen LogP contribution in [0.1, 0.15) is 21.5 Å². The van der Waals surface area contributed by atoms with Crippen molar-refractivity contribution in [1.29, 1.82) is 0 Å². The third-order valence-corrected chi connectivity index (χ3v) is 5.56. The van der Waals surface area contributed by atoms with Crippen molar-refractivity contribution < 1.29 is 23.9 Å². The smallest absolute Gasteiger partial charge is 0.293 e. The summed E-state index contributed by atoms with van der Waals surface area (Å²) in [6, 6.07) is 12.5. The van der Waals surface area contributed by atoms with E-state index < -0.39 is 0 Å². The number of carbonyl (C=O) groups is 3. The van der Waals surface area contributed by atoms with Gasteiger partial charge in [0.25, 0.3) is 17.1 Å². The fourth-order valence-electron chi connectivity index (χ4n) is 2.97. The molecule has 1 saturated heterocycles. The Hall–Kier alpha value is -3.52. The number of methoxy groups -OCH3 is 1. The number of hydrogen-bond donors (Lipinski definition) is 1. The molecule has 3 amide bonds. The zero-order valence-corrected chi connectivity index (χ0v) is 18.7. The Balaban J connectivity index is 1.58. The maximum absolute atomic E-state index is 12.6. The second-order valence-corrected chi connectivity index (χ2v) is 7.96. The summed E-state index contributed by atoms with van der Waals surface area (Å²) in [6.45, 7) is 6.11. The van der Waals surface area contributed by atoms with Crippen LogP contribution in [0, 0.1) is 6.92 Å². The molecule has 1 fully saturated rings. The number of nitrogens with zero attached hydrogens (tertiary/aromatic N) is 1. The number of hydrogen-bond acceptors (Lipinski definition) is 6. The minimum Gasteiger partial charge on any atom is -0.493 e. The molecule has 166 valence electrons. The Kier molecular flexibility index (Phi) is 7.72. The molecule has 0 spiro atoms. The van der Waals surface area contributed by atoms with Crippen molar-refractivity contribution in [3.8, 4) is 11.5 Å². The predicted octanol–water partition coefficient (Wildman–Crippen LogP) is 4.03. The lowest BCUT2D eigenvalue weighted by molar-refractivity contribution is -0.122. The third-order valence-electron chi connectivity index (χ3n) is 4.65. The van der Waals surface area contributed by atoms with Crippen LogP contribution in [0.5, 0.6) is 11.5 Å². The number of thioether (sulfide) groups is 1.